The molecule has 4 aromatic rings. The second-order valence-electron chi connectivity index (χ2n) is 9.65. The Morgan fingerprint density at radius 1 is 0.875 bits per heavy atom. The highest BCUT2D eigenvalue weighted by atomic mass is 16.7. The van der Waals surface area contributed by atoms with Crippen LogP contribution in [0.25, 0.3) is 11.1 Å². The van der Waals surface area contributed by atoms with E-state index in [4.69, 9.17) is 18.9 Å². The zero-order valence-electron chi connectivity index (χ0n) is 21.5. The molecule has 1 unspecified atom stereocenters. The number of para-hydroxylation sites is 1. The van der Waals surface area contributed by atoms with Crippen LogP contribution in [0.1, 0.15) is 28.2 Å². The number of amides is 1. The Morgan fingerprint density at radius 2 is 1.55 bits per heavy atom. The molecule has 1 atom stereocenters. The molecule has 4 aromatic carbocycles. The molecule has 0 radical (unpaired) electrons. The molecule has 202 valence electrons. The van der Waals surface area contributed by atoms with Gasteiger partial charge in [-0.2, -0.15) is 0 Å². The normalized spacial score (nSPS) is 13.7. The largest absolute Gasteiger partial charge is 0.489 e. The molecule has 1 aliphatic heterocycles. The van der Waals surface area contributed by atoms with E-state index in [0.717, 1.165) is 27.8 Å². The first kappa shape index (κ1) is 25.3. The average Bonchev–Trinajstić information content (AvgIpc) is 3.57. The number of aliphatic carboxylic acids is 1. The Bertz CT molecular complexity index is 1520. The first-order valence-corrected chi connectivity index (χ1v) is 13.0. The molecular weight excluding hydrogens is 510 g/mol. The van der Waals surface area contributed by atoms with Crippen molar-refractivity contribution in [2.45, 2.75) is 25.0 Å². The van der Waals surface area contributed by atoms with Crippen LogP contribution in [0.5, 0.6) is 17.2 Å². The van der Waals surface area contributed by atoms with E-state index in [1.54, 1.807) is 18.2 Å². The van der Waals surface area contributed by atoms with Crippen LogP contribution in [0.2, 0.25) is 0 Å². The SMILES string of the molecule is O=C(NC(Cc1ccccc1OCc1ccc2c(c1)OCO2)C(=O)O)OCC1c2ccccc2-c2ccccc21. The van der Waals surface area contributed by atoms with Crippen molar-refractivity contribution in [1.82, 2.24) is 5.32 Å². The molecule has 40 heavy (non-hydrogen) atoms. The van der Waals surface area contributed by atoms with Gasteiger partial charge in [0.15, 0.2) is 11.5 Å². The predicted octanol–water partition coefficient (Wildman–Crippen LogP) is 5.53. The van der Waals surface area contributed by atoms with Crippen molar-refractivity contribution >= 4 is 12.1 Å². The molecule has 2 N–H and O–H groups in total. The summed E-state index contributed by atoms with van der Waals surface area (Å²) < 4.78 is 22.4. The quantitative estimate of drug-likeness (QED) is 0.289. The summed E-state index contributed by atoms with van der Waals surface area (Å²) in [5.41, 5.74) is 5.93. The molecule has 0 spiro atoms. The molecule has 0 fully saturated rings. The Labute approximate surface area is 231 Å². The lowest BCUT2D eigenvalue weighted by Gasteiger charge is -2.19. The number of carboxylic acid groups (broad SMARTS) is 1. The van der Waals surface area contributed by atoms with Gasteiger partial charge >= 0.3 is 12.1 Å². The highest BCUT2D eigenvalue weighted by Crippen LogP contribution is 2.44. The predicted molar refractivity (Wildman–Crippen MR) is 147 cm³/mol. The highest BCUT2D eigenvalue weighted by Gasteiger charge is 2.30. The molecule has 0 aromatic heterocycles. The molecule has 0 saturated heterocycles. The first-order chi connectivity index (χ1) is 19.6. The first-order valence-electron chi connectivity index (χ1n) is 13.0. The van der Waals surface area contributed by atoms with Crippen molar-refractivity contribution in [3.8, 4) is 28.4 Å². The minimum absolute atomic E-state index is 0.0246. The van der Waals surface area contributed by atoms with Crippen LogP contribution in [0.15, 0.2) is 91.0 Å². The van der Waals surface area contributed by atoms with Crippen LogP contribution in [-0.2, 0) is 22.6 Å². The van der Waals surface area contributed by atoms with E-state index in [-0.39, 0.29) is 32.3 Å². The third-order valence-electron chi connectivity index (χ3n) is 7.16. The fourth-order valence-electron chi connectivity index (χ4n) is 5.21. The number of carbonyl (C=O) groups excluding carboxylic acids is 1. The van der Waals surface area contributed by atoms with Crippen LogP contribution in [0, 0.1) is 0 Å². The minimum atomic E-state index is -1.20. The molecule has 1 amide bonds. The standard InChI is InChI=1S/C32H27NO7/c34-31(35)27(16-21-7-1-6-12-28(21)37-17-20-13-14-29-30(15-20)40-19-39-29)33-32(36)38-18-26-24-10-4-2-8-22(24)23-9-3-5-11-25(23)26/h1-15,26-27H,16-19H2,(H,33,36)(H,34,35). The molecule has 0 saturated carbocycles. The summed E-state index contributed by atoms with van der Waals surface area (Å²) in [4.78, 5) is 24.9. The lowest BCUT2D eigenvalue weighted by Crippen LogP contribution is -2.43. The van der Waals surface area contributed by atoms with E-state index in [1.807, 2.05) is 60.7 Å². The molecule has 6 rings (SSSR count). The number of fused-ring (bicyclic) bond motifs is 4. The van der Waals surface area contributed by atoms with Crippen LogP contribution < -0.4 is 19.5 Å². The van der Waals surface area contributed by atoms with Gasteiger partial charge < -0.3 is 29.4 Å². The van der Waals surface area contributed by atoms with Gasteiger partial charge in [-0.3, -0.25) is 0 Å². The molecule has 2 aliphatic rings. The van der Waals surface area contributed by atoms with Gasteiger partial charge in [0.2, 0.25) is 6.79 Å². The van der Waals surface area contributed by atoms with Gasteiger partial charge in [0.1, 0.15) is 25.0 Å². The number of hydrogen-bond donors (Lipinski definition) is 2. The third kappa shape index (κ3) is 5.16. The van der Waals surface area contributed by atoms with Crippen LogP contribution >= 0.6 is 0 Å². The van der Waals surface area contributed by atoms with E-state index in [2.05, 4.69) is 17.4 Å². The van der Waals surface area contributed by atoms with Gasteiger partial charge in [-0.05, 0) is 51.6 Å². The summed E-state index contributed by atoms with van der Waals surface area (Å²) in [5.74, 6) is 0.590. The lowest BCUT2D eigenvalue weighted by molar-refractivity contribution is -0.139. The Hall–Kier alpha value is -4.98. The summed E-state index contributed by atoms with van der Waals surface area (Å²) in [5, 5.41) is 12.4. The fourth-order valence-corrected chi connectivity index (χ4v) is 5.21. The third-order valence-corrected chi connectivity index (χ3v) is 7.16. The van der Waals surface area contributed by atoms with E-state index >= 15 is 0 Å². The van der Waals surface area contributed by atoms with Gasteiger partial charge in [-0.1, -0.05) is 72.8 Å². The van der Waals surface area contributed by atoms with Gasteiger partial charge in [-0.15, -0.1) is 0 Å². The zero-order chi connectivity index (χ0) is 27.5. The summed E-state index contributed by atoms with van der Waals surface area (Å²) in [6.45, 7) is 0.544. The van der Waals surface area contributed by atoms with Crippen LogP contribution in [-0.4, -0.2) is 36.6 Å². The zero-order valence-corrected chi connectivity index (χ0v) is 21.5. The summed E-state index contributed by atoms with van der Waals surface area (Å²) >= 11 is 0. The molecule has 1 aliphatic carbocycles. The highest BCUT2D eigenvalue weighted by molar-refractivity contribution is 5.81. The molecule has 8 nitrogen and oxygen atoms in total. The van der Waals surface area contributed by atoms with Crippen molar-refractivity contribution in [1.29, 1.82) is 0 Å². The Balaban J connectivity index is 1.10. The van der Waals surface area contributed by atoms with Gasteiger partial charge in [-0.25, -0.2) is 9.59 Å². The Morgan fingerprint density at radius 3 is 2.30 bits per heavy atom. The molecule has 8 heteroatoms. The number of carbonyl (C=O) groups is 2. The number of rotatable bonds is 9. The summed E-state index contributed by atoms with van der Waals surface area (Å²) in [6.07, 6.45) is -0.760. The van der Waals surface area contributed by atoms with Crippen LogP contribution in [0.3, 0.4) is 0 Å². The molecular formula is C32H27NO7. The van der Waals surface area contributed by atoms with Crippen molar-refractivity contribution in [2.75, 3.05) is 13.4 Å². The van der Waals surface area contributed by atoms with Crippen molar-refractivity contribution in [2.24, 2.45) is 0 Å². The number of benzene rings is 4. The number of carboxylic acids is 1. The minimum Gasteiger partial charge on any atom is -0.489 e. The van der Waals surface area contributed by atoms with E-state index in [0.29, 0.717) is 22.8 Å². The maximum absolute atomic E-state index is 12.8. The number of alkyl carbamates (subject to hydrolysis) is 1. The second kappa shape index (κ2) is 11.0. The summed E-state index contributed by atoms with van der Waals surface area (Å²) in [6, 6.07) is 27.6. The van der Waals surface area contributed by atoms with Crippen LogP contribution in [0.4, 0.5) is 4.79 Å². The maximum atomic E-state index is 12.8. The molecule has 1 heterocycles. The van der Waals surface area contributed by atoms with Crippen molar-refractivity contribution < 1.29 is 33.6 Å². The maximum Gasteiger partial charge on any atom is 0.407 e. The Kier molecular flexibility index (Phi) is 6.97. The topological polar surface area (TPSA) is 103 Å². The lowest BCUT2D eigenvalue weighted by atomic mass is 9.98. The average molecular weight is 538 g/mol. The smallest absolute Gasteiger partial charge is 0.407 e. The number of ether oxygens (including phenoxy) is 4. The van der Waals surface area contributed by atoms with Gasteiger partial charge in [0.05, 0.1) is 0 Å². The second-order valence-corrected chi connectivity index (χ2v) is 9.65. The van der Waals surface area contributed by atoms with E-state index < -0.39 is 18.1 Å². The monoisotopic (exact) mass is 537 g/mol. The fraction of sp³-hybridized carbons (Fsp3) is 0.188. The van der Waals surface area contributed by atoms with Gasteiger partial charge in [0, 0.05) is 12.3 Å². The number of nitrogens with one attached hydrogen (secondary N) is 1. The van der Waals surface area contributed by atoms with E-state index in [9.17, 15) is 14.7 Å². The van der Waals surface area contributed by atoms with Crippen molar-refractivity contribution in [3.05, 3.63) is 113 Å². The van der Waals surface area contributed by atoms with E-state index in [1.165, 1.54) is 0 Å². The number of hydrogen-bond acceptors (Lipinski definition) is 6. The summed E-state index contributed by atoms with van der Waals surface area (Å²) in [7, 11) is 0. The molecule has 0 bridgehead atoms. The van der Waals surface area contributed by atoms with Crippen molar-refractivity contribution in [3.63, 3.8) is 0 Å². The van der Waals surface area contributed by atoms with Gasteiger partial charge in [0.25, 0.3) is 0 Å².